The van der Waals surface area contributed by atoms with Gasteiger partial charge >= 0.3 is 0 Å². The SMILES string of the molecule is CC(NCC(C(C)C)N(C)C)c1ccccn1. The first-order valence-electron chi connectivity index (χ1n) is 6.33. The number of likely N-dealkylation sites (N-methyl/N-ethyl adjacent to an activating group) is 1. The fourth-order valence-electron chi connectivity index (χ4n) is 2.05. The lowest BCUT2D eigenvalue weighted by atomic mass is 10.0. The molecular weight excluding hydrogens is 210 g/mol. The van der Waals surface area contributed by atoms with Gasteiger partial charge in [-0.25, -0.2) is 0 Å². The average molecular weight is 235 g/mol. The van der Waals surface area contributed by atoms with Crippen molar-refractivity contribution in [2.45, 2.75) is 32.9 Å². The van der Waals surface area contributed by atoms with Gasteiger partial charge in [0.1, 0.15) is 0 Å². The lowest BCUT2D eigenvalue weighted by Crippen LogP contribution is -2.42. The van der Waals surface area contributed by atoms with Crippen LogP contribution < -0.4 is 5.32 Å². The highest BCUT2D eigenvalue weighted by molar-refractivity contribution is 5.07. The predicted molar refractivity (Wildman–Crippen MR) is 73.0 cm³/mol. The number of nitrogens with one attached hydrogen (secondary N) is 1. The number of rotatable bonds is 6. The molecule has 3 heteroatoms. The van der Waals surface area contributed by atoms with Crippen LogP contribution in [-0.2, 0) is 0 Å². The van der Waals surface area contributed by atoms with Crippen LogP contribution in [0.25, 0.3) is 0 Å². The number of pyridine rings is 1. The molecule has 0 fully saturated rings. The topological polar surface area (TPSA) is 28.2 Å². The van der Waals surface area contributed by atoms with Crippen molar-refractivity contribution >= 4 is 0 Å². The molecule has 1 N–H and O–H groups in total. The van der Waals surface area contributed by atoms with Crippen molar-refractivity contribution in [2.24, 2.45) is 5.92 Å². The van der Waals surface area contributed by atoms with Crippen LogP contribution in [0.3, 0.4) is 0 Å². The van der Waals surface area contributed by atoms with Gasteiger partial charge in [0.2, 0.25) is 0 Å². The zero-order chi connectivity index (χ0) is 12.8. The summed E-state index contributed by atoms with van der Waals surface area (Å²) in [6.07, 6.45) is 1.85. The molecule has 96 valence electrons. The van der Waals surface area contributed by atoms with E-state index in [0.29, 0.717) is 18.0 Å². The summed E-state index contributed by atoms with van der Waals surface area (Å²) in [7, 11) is 4.27. The van der Waals surface area contributed by atoms with E-state index in [1.54, 1.807) is 0 Å². The maximum Gasteiger partial charge on any atom is 0.0570 e. The monoisotopic (exact) mass is 235 g/mol. The van der Waals surface area contributed by atoms with Gasteiger partial charge in [-0.1, -0.05) is 19.9 Å². The van der Waals surface area contributed by atoms with Gasteiger partial charge in [-0.15, -0.1) is 0 Å². The van der Waals surface area contributed by atoms with Crippen LogP contribution in [0.5, 0.6) is 0 Å². The second kappa shape index (κ2) is 6.72. The van der Waals surface area contributed by atoms with Crippen molar-refractivity contribution in [1.29, 1.82) is 0 Å². The molecule has 17 heavy (non-hydrogen) atoms. The minimum absolute atomic E-state index is 0.303. The summed E-state index contributed by atoms with van der Waals surface area (Å²) >= 11 is 0. The maximum atomic E-state index is 4.37. The van der Waals surface area contributed by atoms with E-state index in [1.165, 1.54) is 0 Å². The number of hydrogen-bond donors (Lipinski definition) is 1. The fourth-order valence-corrected chi connectivity index (χ4v) is 2.05. The van der Waals surface area contributed by atoms with Gasteiger partial charge in [0.15, 0.2) is 0 Å². The molecule has 0 aliphatic heterocycles. The van der Waals surface area contributed by atoms with E-state index < -0.39 is 0 Å². The van der Waals surface area contributed by atoms with Gasteiger partial charge in [0.25, 0.3) is 0 Å². The lowest BCUT2D eigenvalue weighted by Gasteiger charge is -2.29. The fraction of sp³-hybridized carbons (Fsp3) is 0.643. The van der Waals surface area contributed by atoms with E-state index in [1.807, 2.05) is 18.3 Å². The average Bonchev–Trinajstić information content (AvgIpc) is 2.29. The minimum Gasteiger partial charge on any atom is -0.307 e. The second-order valence-corrected chi connectivity index (χ2v) is 5.16. The number of aromatic nitrogens is 1. The summed E-state index contributed by atoms with van der Waals surface area (Å²) in [6, 6.07) is 6.91. The van der Waals surface area contributed by atoms with Crippen LogP contribution in [0, 0.1) is 5.92 Å². The normalized spacial score (nSPS) is 15.2. The Morgan fingerprint density at radius 1 is 1.24 bits per heavy atom. The molecule has 1 rings (SSSR count). The van der Waals surface area contributed by atoms with E-state index in [0.717, 1.165) is 12.2 Å². The molecule has 0 saturated carbocycles. The standard InChI is InChI=1S/C14H25N3/c1-11(2)14(17(4)5)10-16-12(3)13-8-6-7-9-15-13/h6-9,11-12,14,16H,10H2,1-5H3. The Kier molecular flexibility index (Phi) is 5.59. The molecule has 0 radical (unpaired) electrons. The van der Waals surface area contributed by atoms with Gasteiger partial charge in [-0.05, 0) is 39.1 Å². The second-order valence-electron chi connectivity index (χ2n) is 5.16. The maximum absolute atomic E-state index is 4.37. The van der Waals surface area contributed by atoms with Crippen molar-refractivity contribution in [3.05, 3.63) is 30.1 Å². The summed E-state index contributed by atoms with van der Waals surface area (Å²) in [5.41, 5.74) is 1.11. The van der Waals surface area contributed by atoms with Gasteiger partial charge in [-0.3, -0.25) is 4.98 Å². The lowest BCUT2D eigenvalue weighted by molar-refractivity contribution is 0.219. The van der Waals surface area contributed by atoms with Gasteiger partial charge in [0, 0.05) is 24.8 Å². The zero-order valence-electron chi connectivity index (χ0n) is 11.6. The van der Waals surface area contributed by atoms with Crippen molar-refractivity contribution < 1.29 is 0 Å². The molecule has 0 bridgehead atoms. The molecule has 0 aromatic carbocycles. The first kappa shape index (κ1) is 14.1. The molecule has 1 aromatic heterocycles. The van der Waals surface area contributed by atoms with Crippen LogP contribution in [0.2, 0.25) is 0 Å². The Hall–Kier alpha value is -0.930. The van der Waals surface area contributed by atoms with Crippen molar-refractivity contribution in [3.8, 4) is 0 Å². The van der Waals surface area contributed by atoms with Crippen LogP contribution >= 0.6 is 0 Å². The number of nitrogens with zero attached hydrogens (tertiary/aromatic N) is 2. The van der Waals surface area contributed by atoms with E-state index in [2.05, 4.69) is 56.1 Å². The third kappa shape index (κ3) is 4.44. The molecule has 1 aromatic rings. The number of hydrogen-bond acceptors (Lipinski definition) is 3. The quantitative estimate of drug-likeness (QED) is 0.820. The van der Waals surface area contributed by atoms with Crippen LogP contribution in [-0.4, -0.2) is 36.6 Å². The smallest absolute Gasteiger partial charge is 0.0570 e. The molecule has 0 spiro atoms. The third-order valence-corrected chi connectivity index (χ3v) is 3.20. The largest absolute Gasteiger partial charge is 0.307 e. The molecular formula is C14H25N3. The predicted octanol–water partition coefficient (Wildman–Crippen LogP) is 2.32. The van der Waals surface area contributed by atoms with Crippen LogP contribution in [0.4, 0.5) is 0 Å². The Morgan fingerprint density at radius 2 is 1.94 bits per heavy atom. The Balaban J connectivity index is 2.50. The highest BCUT2D eigenvalue weighted by Crippen LogP contribution is 2.11. The van der Waals surface area contributed by atoms with Gasteiger partial charge in [-0.2, -0.15) is 0 Å². The summed E-state index contributed by atoms with van der Waals surface area (Å²) in [5.74, 6) is 0.647. The summed E-state index contributed by atoms with van der Waals surface area (Å²) in [6.45, 7) is 7.67. The first-order chi connectivity index (χ1) is 8.02. The van der Waals surface area contributed by atoms with Crippen LogP contribution in [0.15, 0.2) is 24.4 Å². The molecule has 0 aliphatic carbocycles. The highest BCUT2D eigenvalue weighted by Gasteiger charge is 2.16. The van der Waals surface area contributed by atoms with Crippen molar-refractivity contribution in [2.75, 3.05) is 20.6 Å². The summed E-state index contributed by atoms with van der Waals surface area (Å²) < 4.78 is 0. The Bertz CT molecular complexity index is 301. The summed E-state index contributed by atoms with van der Waals surface area (Å²) in [5, 5.41) is 3.56. The van der Waals surface area contributed by atoms with Crippen LogP contribution in [0.1, 0.15) is 32.5 Å². The van der Waals surface area contributed by atoms with E-state index >= 15 is 0 Å². The Morgan fingerprint density at radius 3 is 2.41 bits per heavy atom. The summed E-state index contributed by atoms with van der Waals surface area (Å²) in [4.78, 5) is 6.65. The van der Waals surface area contributed by atoms with E-state index in [4.69, 9.17) is 0 Å². The third-order valence-electron chi connectivity index (χ3n) is 3.20. The van der Waals surface area contributed by atoms with Crippen molar-refractivity contribution in [1.82, 2.24) is 15.2 Å². The molecule has 3 nitrogen and oxygen atoms in total. The van der Waals surface area contributed by atoms with Gasteiger partial charge < -0.3 is 10.2 Å². The van der Waals surface area contributed by atoms with E-state index in [9.17, 15) is 0 Å². The zero-order valence-corrected chi connectivity index (χ0v) is 11.6. The van der Waals surface area contributed by atoms with E-state index in [-0.39, 0.29) is 0 Å². The molecule has 0 saturated heterocycles. The highest BCUT2D eigenvalue weighted by atomic mass is 15.1. The molecule has 2 atom stereocenters. The first-order valence-corrected chi connectivity index (χ1v) is 6.33. The molecule has 0 amide bonds. The minimum atomic E-state index is 0.303. The van der Waals surface area contributed by atoms with Gasteiger partial charge in [0.05, 0.1) is 5.69 Å². The molecule has 0 aliphatic rings. The molecule has 2 unspecified atom stereocenters. The molecule has 1 heterocycles. The Labute approximate surface area is 105 Å². The van der Waals surface area contributed by atoms with Crippen molar-refractivity contribution in [3.63, 3.8) is 0 Å².